The fourth-order valence-electron chi connectivity index (χ4n) is 2.12. The first-order valence-corrected chi connectivity index (χ1v) is 7.10. The Balaban J connectivity index is 2.12. The van der Waals surface area contributed by atoms with Gasteiger partial charge in [0.05, 0.1) is 13.2 Å². The molecule has 2 aromatic rings. The Morgan fingerprint density at radius 2 is 1.75 bits per heavy atom. The van der Waals surface area contributed by atoms with Crippen LogP contribution in [0.4, 0.5) is 13.2 Å². The second kappa shape index (κ2) is 7.72. The third-order valence-electron chi connectivity index (χ3n) is 3.36. The highest BCUT2D eigenvalue weighted by Crippen LogP contribution is 2.29. The van der Waals surface area contributed by atoms with Crippen LogP contribution < -0.4 is 14.8 Å². The van der Waals surface area contributed by atoms with E-state index in [4.69, 9.17) is 4.74 Å². The molecule has 128 valence electrons. The Hall–Kier alpha value is -2.70. The van der Waals surface area contributed by atoms with E-state index in [1.807, 2.05) is 0 Å². The number of methoxy groups -OCH3 is 1. The smallest absolute Gasteiger partial charge is 0.387 e. The minimum atomic E-state index is -2.99. The van der Waals surface area contributed by atoms with Crippen molar-refractivity contribution < 1.29 is 27.4 Å². The van der Waals surface area contributed by atoms with Gasteiger partial charge in [-0.1, -0.05) is 12.1 Å². The molecule has 0 aliphatic rings. The summed E-state index contributed by atoms with van der Waals surface area (Å²) in [5.41, 5.74) is 0.955. The molecular formula is C17H16F3NO3. The first kappa shape index (κ1) is 17.7. The highest BCUT2D eigenvalue weighted by Gasteiger charge is 2.16. The standard InChI is InChI=1S/C17H16F3NO3/c1-10(11-3-6-13(18)7-4-11)21-16(22)12-5-8-14(24-17(19)20)15(9-12)23-2/h3-10,17H,1-2H3,(H,21,22). The van der Waals surface area contributed by atoms with Gasteiger partial charge in [-0.2, -0.15) is 8.78 Å². The molecule has 0 radical (unpaired) electrons. The van der Waals surface area contributed by atoms with Gasteiger partial charge in [0.1, 0.15) is 5.82 Å². The summed E-state index contributed by atoms with van der Waals surface area (Å²) in [6.45, 7) is -1.24. The minimum Gasteiger partial charge on any atom is -0.493 e. The van der Waals surface area contributed by atoms with Crippen molar-refractivity contribution in [3.63, 3.8) is 0 Å². The van der Waals surface area contributed by atoms with Crippen LogP contribution in [0.5, 0.6) is 11.5 Å². The molecule has 0 heterocycles. The van der Waals surface area contributed by atoms with E-state index in [1.165, 1.54) is 37.4 Å². The van der Waals surface area contributed by atoms with Crippen LogP contribution in [0.1, 0.15) is 28.9 Å². The molecule has 0 saturated heterocycles. The van der Waals surface area contributed by atoms with Crippen LogP contribution >= 0.6 is 0 Å². The van der Waals surface area contributed by atoms with Crippen LogP contribution in [0.15, 0.2) is 42.5 Å². The van der Waals surface area contributed by atoms with E-state index in [1.54, 1.807) is 19.1 Å². The average Bonchev–Trinajstić information content (AvgIpc) is 2.55. The summed E-state index contributed by atoms with van der Waals surface area (Å²) in [5, 5.41) is 2.74. The maximum absolute atomic E-state index is 12.9. The molecule has 1 unspecified atom stereocenters. The summed E-state index contributed by atoms with van der Waals surface area (Å²) in [6.07, 6.45) is 0. The molecule has 4 nitrogen and oxygen atoms in total. The Morgan fingerprint density at radius 1 is 1.08 bits per heavy atom. The molecule has 0 saturated carbocycles. The van der Waals surface area contributed by atoms with Gasteiger partial charge in [-0.3, -0.25) is 4.79 Å². The fraction of sp³-hybridized carbons (Fsp3) is 0.235. The third-order valence-corrected chi connectivity index (χ3v) is 3.36. The van der Waals surface area contributed by atoms with Gasteiger partial charge in [0.25, 0.3) is 5.91 Å². The topological polar surface area (TPSA) is 47.6 Å². The third kappa shape index (κ3) is 4.41. The zero-order valence-electron chi connectivity index (χ0n) is 13.1. The maximum Gasteiger partial charge on any atom is 0.387 e. The lowest BCUT2D eigenvalue weighted by molar-refractivity contribution is -0.0512. The molecule has 0 aliphatic carbocycles. The number of amides is 1. The molecular weight excluding hydrogens is 323 g/mol. The summed E-state index contributed by atoms with van der Waals surface area (Å²) >= 11 is 0. The van der Waals surface area contributed by atoms with Crippen LogP contribution in [0, 0.1) is 5.82 Å². The zero-order chi connectivity index (χ0) is 17.7. The number of carbonyl (C=O) groups is 1. The Kier molecular flexibility index (Phi) is 5.68. The summed E-state index contributed by atoms with van der Waals surface area (Å²) < 4.78 is 46.8. The van der Waals surface area contributed by atoms with Crippen molar-refractivity contribution in [3.8, 4) is 11.5 Å². The van der Waals surface area contributed by atoms with Gasteiger partial charge in [-0.25, -0.2) is 4.39 Å². The Bertz CT molecular complexity index is 705. The van der Waals surface area contributed by atoms with Crippen LogP contribution in [0.25, 0.3) is 0 Å². The minimum absolute atomic E-state index is 0.0254. The lowest BCUT2D eigenvalue weighted by atomic mass is 10.1. The summed E-state index contributed by atoms with van der Waals surface area (Å²) in [7, 11) is 1.29. The van der Waals surface area contributed by atoms with E-state index >= 15 is 0 Å². The van der Waals surface area contributed by atoms with Crippen LogP contribution in [0.3, 0.4) is 0 Å². The zero-order valence-corrected chi connectivity index (χ0v) is 13.1. The van der Waals surface area contributed by atoms with Gasteiger partial charge in [-0.15, -0.1) is 0 Å². The average molecular weight is 339 g/mol. The first-order chi connectivity index (χ1) is 11.4. The number of halogens is 3. The molecule has 24 heavy (non-hydrogen) atoms. The Morgan fingerprint density at radius 3 is 2.33 bits per heavy atom. The second-order valence-electron chi connectivity index (χ2n) is 4.99. The number of nitrogens with one attached hydrogen (secondary N) is 1. The van der Waals surface area contributed by atoms with Crippen molar-refractivity contribution in [1.82, 2.24) is 5.32 Å². The highest BCUT2D eigenvalue weighted by atomic mass is 19.3. The van der Waals surface area contributed by atoms with E-state index in [0.717, 1.165) is 5.56 Å². The predicted molar refractivity (Wildman–Crippen MR) is 81.9 cm³/mol. The lowest BCUT2D eigenvalue weighted by Gasteiger charge is -2.15. The van der Waals surface area contributed by atoms with Crippen LogP contribution in [-0.4, -0.2) is 19.6 Å². The van der Waals surface area contributed by atoms with Crippen molar-refractivity contribution in [3.05, 3.63) is 59.4 Å². The van der Waals surface area contributed by atoms with Crippen LogP contribution in [0.2, 0.25) is 0 Å². The van der Waals surface area contributed by atoms with Crippen molar-refractivity contribution in [2.75, 3.05) is 7.11 Å². The molecule has 0 spiro atoms. The molecule has 7 heteroatoms. The molecule has 1 N–H and O–H groups in total. The van der Waals surface area contributed by atoms with E-state index in [9.17, 15) is 18.0 Å². The summed E-state index contributed by atoms with van der Waals surface area (Å²) in [4.78, 5) is 12.3. The normalized spacial score (nSPS) is 11.9. The van der Waals surface area contributed by atoms with E-state index in [0.29, 0.717) is 0 Å². The number of hydrogen-bond acceptors (Lipinski definition) is 3. The Labute approximate surface area is 137 Å². The molecule has 2 aromatic carbocycles. The summed E-state index contributed by atoms with van der Waals surface area (Å²) in [6, 6.07) is 9.29. The molecule has 0 bridgehead atoms. The molecule has 1 atom stereocenters. The second-order valence-corrected chi connectivity index (χ2v) is 4.99. The van der Waals surface area contributed by atoms with Gasteiger partial charge >= 0.3 is 6.61 Å². The monoisotopic (exact) mass is 339 g/mol. The van der Waals surface area contributed by atoms with Crippen molar-refractivity contribution in [2.24, 2.45) is 0 Å². The molecule has 0 aliphatic heterocycles. The van der Waals surface area contributed by atoms with Crippen molar-refractivity contribution >= 4 is 5.91 Å². The van der Waals surface area contributed by atoms with Crippen molar-refractivity contribution in [2.45, 2.75) is 19.6 Å². The van der Waals surface area contributed by atoms with Gasteiger partial charge in [-0.05, 0) is 42.8 Å². The van der Waals surface area contributed by atoms with E-state index in [-0.39, 0.29) is 28.9 Å². The SMILES string of the molecule is COc1cc(C(=O)NC(C)c2ccc(F)cc2)ccc1OC(F)F. The number of carbonyl (C=O) groups excluding carboxylic acids is 1. The van der Waals surface area contributed by atoms with Gasteiger partial charge in [0.2, 0.25) is 0 Å². The van der Waals surface area contributed by atoms with E-state index < -0.39 is 12.5 Å². The summed E-state index contributed by atoms with van der Waals surface area (Å²) in [5.74, 6) is -0.918. The predicted octanol–water partition coefficient (Wildman–Crippen LogP) is 3.93. The quantitative estimate of drug-likeness (QED) is 0.867. The highest BCUT2D eigenvalue weighted by molar-refractivity contribution is 5.95. The molecule has 1 amide bonds. The maximum atomic E-state index is 12.9. The number of ether oxygens (including phenoxy) is 2. The van der Waals surface area contributed by atoms with Gasteiger partial charge in [0, 0.05) is 5.56 Å². The lowest BCUT2D eigenvalue weighted by Crippen LogP contribution is -2.26. The number of alkyl halides is 2. The largest absolute Gasteiger partial charge is 0.493 e. The number of benzene rings is 2. The molecule has 0 fully saturated rings. The number of hydrogen-bond donors (Lipinski definition) is 1. The fourth-order valence-corrected chi connectivity index (χ4v) is 2.12. The molecule has 0 aromatic heterocycles. The van der Waals surface area contributed by atoms with Gasteiger partial charge < -0.3 is 14.8 Å². The van der Waals surface area contributed by atoms with Crippen LogP contribution in [-0.2, 0) is 0 Å². The van der Waals surface area contributed by atoms with Crippen molar-refractivity contribution in [1.29, 1.82) is 0 Å². The van der Waals surface area contributed by atoms with Gasteiger partial charge in [0.15, 0.2) is 11.5 Å². The van der Waals surface area contributed by atoms with E-state index in [2.05, 4.69) is 10.1 Å². The molecule has 2 rings (SSSR count). The first-order valence-electron chi connectivity index (χ1n) is 7.10. The number of rotatable bonds is 6.